The standard InChI is InChI=1S/C16H19N3O5/c1-10(20)18-12-3-5-13(6-4-12)19-9-11(7-14(19)21)16(23)17-8-15(22)24-2/h3-6,11H,7-9H2,1-2H3,(H,17,23)(H,18,20). The van der Waals surface area contributed by atoms with Crippen LogP contribution in [0.15, 0.2) is 24.3 Å². The lowest BCUT2D eigenvalue weighted by Gasteiger charge is -2.17. The molecule has 0 aromatic heterocycles. The van der Waals surface area contributed by atoms with Crippen molar-refractivity contribution in [2.24, 2.45) is 5.92 Å². The normalized spacial score (nSPS) is 16.7. The second-order valence-electron chi connectivity index (χ2n) is 5.43. The predicted octanol–water partition coefficient (Wildman–Crippen LogP) is 0.287. The number of hydrogen-bond acceptors (Lipinski definition) is 5. The maximum Gasteiger partial charge on any atom is 0.325 e. The Balaban J connectivity index is 1.97. The van der Waals surface area contributed by atoms with Gasteiger partial charge in [0.2, 0.25) is 17.7 Å². The van der Waals surface area contributed by atoms with Crippen molar-refractivity contribution in [2.75, 3.05) is 30.4 Å². The minimum atomic E-state index is -0.543. The average molecular weight is 333 g/mol. The Morgan fingerprint density at radius 3 is 2.50 bits per heavy atom. The zero-order chi connectivity index (χ0) is 17.7. The lowest BCUT2D eigenvalue weighted by Crippen LogP contribution is -2.36. The Morgan fingerprint density at radius 2 is 1.92 bits per heavy atom. The zero-order valence-corrected chi connectivity index (χ0v) is 13.5. The summed E-state index contributed by atoms with van der Waals surface area (Å²) >= 11 is 0. The molecule has 1 heterocycles. The van der Waals surface area contributed by atoms with E-state index in [-0.39, 0.29) is 37.2 Å². The van der Waals surface area contributed by atoms with Crippen LogP contribution >= 0.6 is 0 Å². The largest absolute Gasteiger partial charge is 0.468 e. The van der Waals surface area contributed by atoms with Gasteiger partial charge in [-0.05, 0) is 24.3 Å². The number of hydrogen-bond donors (Lipinski definition) is 2. The van der Waals surface area contributed by atoms with E-state index in [1.54, 1.807) is 24.3 Å². The number of rotatable bonds is 5. The van der Waals surface area contributed by atoms with Gasteiger partial charge in [0.1, 0.15) is 6.54 Å². The fraction of sp³-hybridized carbons (Fsp3) is 0.375. The van der Waals surface area contributed by atoms with Gasteiger partial charge in [0.25, 0.3) is 0 Å². The lowest BCUT2D eigenvalue weighted by atomic mass is 10.1. The van der Waals surface area contributed by atoms with Gasteiger partial charge in [-0.3, -0.25) is 19.2 Å². The molecule has 2 N–H and O–H groups in total. The number of esters is 1. The molecule has 1 saturated heterocycles. The van der Waals surface area contributed by atoms with Crippen LogP contribution in [0.25, 0.3) is 0 Å². The Kier molecular flexibility index (Phi) is 5.51. The third-order valence-corrected chi connectivity index (χ3v) is 3.63. The summed E-state index contributed by atoms with van der Waals surface area (Å²) in [6.45, 7) is 1.44. The second-order valence-corrected chi connectivity index (χ2v) is 5.43. The van der Waals surface area contributed by atoms with Gasteiger partial charge < -0.3 is 20.3 Å². The molecule has 1 aliphatic rings. The van der Waals surface area contributed by atoms with Gasteiger partial charge in [-0.25, -0.2) is 0 Å². The van der Waals surface area contributed by atoms with Crippen LogP contribution in [0.5, 0.6) is 0 Å². The molecule has 0 saturated carbocycles. The first kappa shape index (κ1) is 17.5. The molecule has 0 spiro atoms. The van der Waals surface area contributed by atoms with E-state index in [9.17, 15) is 19.2 Å². The van der Waals surface area contributed by atoms with Crippen molar-refractivity contribution in [1.29, 1.82) is 0 Å². The van der Waals surface area contributed by atoms with Crippen LogP contribution in [0.4, 0.5) is 11.4 Å². The molecule has 128 valence electrons. The molecule has 24 heavy (non-hydrogen) atoms. The molecule has 8 nitrogen and oxygen atoms in total. The number of benzene rings is 1. The number of ether oxygens (including phenoxy) is 1. The van der Waals surface area contributed by atoms with Crippen LogP contribution in [-0.2, 0) is 23.9 Å². The molecular formula is C16H19N3O5. The summed E-state index contributed by atoms with van der Waals surface area (Å²) in [5.41, 5.74) is 1.28. The van der Waals surface area contributed by atoms with Gasteiger partial charge in [-0.1, -0.05) is 0 Å². The molecule has 3 amide bonds. The van der Waals surface area contributed by atoms with E-state index in [2.05, 4.69) is 15.4 Å². The van der Waals surface area contributed by atoms with Crippen LogP contribution in [0.1, 0.15) is 13.3 Å². The van der Waals surface area contributed by atoms with Crippen LogP contribution < -0.4 is 15.5 Å². The highest BCUT2D eigenvalue weighted by molar-refractivity contribution is 6.01. The van der Waals surface area contributed by atoms with Crippen LogP contribution in [0.2, 0.25) is 0 Å². The Labute approximate surface area is 139 Å². The second kappa shape index (κ2) is 7.58. The van der Waals surface area contributed by atoms with Crippen molar-refractivity contribution in [3.63, 3.8) is 0 Å². The fourth-order valence-electron chi connectivity index (χ4n) is 2.44. The summed E-state index contributed by atoms with van der Waals surface area (Å²) in [5.74, 6) is -1.76. The summed E-state index contributed by atoms with van der Waals surface area (Å²) in [6.07, 6.45) is 0.0838. The molecule has 1 aromatic rings. The third-order valence-electron chi connectivity index (χ3n) is 3.63. The minimum Gasteiger partial charge on any atom is -0.468 e. The molecule has 0 aliphatic carbocycles. The van der Waals surface area contributed by atoms with Crippen molar-refractivity contribution in [3.8, 4) is 0 Å². The van der Waals surface area contributed by atoms with Crippen LogP contribution in [-0.4, -0.2) is 43.9 Å². The highest BCUT2D eigenvalue weighted by Crippen LogP contribution is 2.26. The summed E-state index contributed by atoms with van der Waals surface area (Å²) in [7, 11) is 1.24. The number of nitrogens with zero attached hydrogens (tertiary/aromatic N) is 1. The minimum absolute atomic E-state index is 0.0838. The molecule has 1 aliphatic heterocycles. The maximum atomic E-state index is 12.1. The number of anilines is 2. The molecule has 1 atom stereocenters. The van der Waals surface area contributed by atoms with Crippen molar-refractivity contribution in [3.05, 3.63) is 24.3 Å². The molecular weight excluding hydrogens is 314 g/mol. The molecule has 0 bridgehead atoms. The smallest absolute Gasteiger partial charge is 0.325 e. The number of carbonyl (C=O) groups is 4. The van der Waals surface area contributed by atoms with Crippen molar-refractivity contribution in [2.45, 2.75) is 13.3 Å². The van der Waals surface area contributed by atoms with Gasteiger partial charge in [0, 0.05) is 31.3 Å². The van der Waals surface area contributed by atoms with E-state index in [0.717, 1.165) is 0 Å². The first-order valence-corrected chi connectivity index (χ1v) is 7.43. The average Bonchev–Trinajstić information content (AvgIpc) is 2.94. The number of methoxy groups -OCH3 is 1. The van der Waals surface area contributed by atoms with E-state index >= 15 is 0 Å². The van der Waals surface area contributed by atoms with Crippen LogP contribution in [0.3, 0.4) is 0 Å². The number of amides is 3. The van der Waals surface area contributed by atoms with Crippen molar-refractivity contribution in [1.82, 2.24) is 5.32 Å². The van der Waals surface area contributed by atoms with Crippen molar-refractivity contribution >= 4 is 35.1 Å². The topological polar surface area (TPSA) is 105 Å². The monoisotopic (exact) mass is 333 g/mol. The molecule has 2 rings (SSSR count). The summed E-state index contributed by atoms with van der Waals surface area (Å²) in [4.78, 5) is 47.7. The van der Waals surface area contributed by atoms with Gasteiger partial charge in [0.15, 0.2) is 0 Å². The Bertz CT molecular complexity index is 656. The summed E-state index contributed by atoms with van der Waals surface area (Å²) < 4.78 is 4.45. The SMILES string of the molecule is COC(=O)CNC(=O)C1CC(=O)N(c2ccc(NC(C)=O)cc2)C1. The van der Waals surface area contributed by atoms with Gasteiger partial charge >= 0.3 is 5.97 Å². The lowest BCUT2D eigenvalue weighted by molar-refractivity contribution is -0.141. The Morgan fingerprint density at radius 1 is 1.25 bits per heavy atom. The number of carbonyl (C=O) groups excluding carboxylic acids is 4. The molecule has 0 radical (unpaired) electrons. The first-order chi connectivity index (χ1) is 11.4. The molecule has 1 unspecified atom stereocenters. The van der Waals surface area contributed by atoms with E-state index < -0.39 is 11.9 Å². The number of nitrogens with one attached hydrogen (secondary N) is 2. The third kappa shape index (κ3) is 4.31. The molecule has 8 heteroatoms. The van der Waals surface area contributed by atoms with Gasteiger partial charge in [0.05, 0.1) is 13.0 Å². The summed E-state index contributed by atoms with van der Waals surface area (Å²) in [5, 5.41) is 5.10. The van der Waals surface area contributed by atoms with Crippen LogP contribution in [0, 0.1) is 5.92 Å². The molecule has 1 aromatic carbocycles. The molecule has 1 fully saturated rings. The summed E-state index contributed by atoms with van der Waals surface area (Å²) in [6, 6.07) is 6.79. The van der Waals surface area contributed by atoms with E-state index in [1.165, 1.54) is 18.9 Å². The highest BCUT2D eigenvalue weighted by Gasteiger charge is 2.35. The first-order valence-electron chi connectivity index (χ1n) is 7.43. The maximum absolute atomic E-state index is 12.1. The fourth-order valence-corrected chi connectivity index (χ4v) is 2.44. The van der Waals surface area contributed by atoms with Crippen molar-refractivity contribution < 1.29 is 23.9 Å². The van der Waals surface area contributed by atoms with Gasteiger partial charge in [-0.2, -0.15) is 0 Å². The quantitative estimate of drug-likeness (QED) is 0.754. The highest BCUT2D eigenvalue weighted by atomic mass is 16.5. The van der Waals surface area contributed by atoms with E-state index in [4.69, 9.17) is 0 Å². The zero-order valence-electron chi connectivity index (χ0n) is 13.5. The van der Waals surface area contributed by atoms with Gasteiger partial charge in [-0.15, -0.1) is 0 Å². The predicted molar refractivity (Wildman–Crippen MR) is 86.2 cm³/mol. The van der Waals surface area contributed by atoms with E-state index in [1.807, 2.05) is 0 Å². The Hall–Kier alpha value is -2.90. The van der Waals surface area contributed by atoms with E-state index in [0.29, 0.717) is 11.4 Å².